The number of carbonyl (C=O) groups excluding carboxylic acids is 2. The number of nitrogens with zero attached hydrogens (tertiary/aromatic N) is 3. The van der Waals surface area contributed by atoms with E-state index in [-0.39, 0.29) is 24.7 Å². The van der Waals surface area contributed by atoms with E-state index >= 15 is 0 Å². The Morgan fingerprint density at radius 1 is 1.04 bits per heavy atom. The lowest BCUT2D eigenvalue weighted by Crippen LogP contribution is -2.27. The Bertz CT molecular complexity index is 845. The molecule has 0 unspecified atom stereocenters. The molecule has 0 saturated heterocycles. The second-order valence-electron chi connectivity index (χ2n) is 7.02. The van der Waals surface area contributed by atoms with Crippen LogP contribution in [0, 0.1) is 0 Å². The SMILES string of the molecule is CN(C)c1ccc(CNC(=O)CCC(=O)N2CCC(c3ccccc3)=N2)cc1. The number of rotatable bonds is 7. The van der Waals surface area contributed by atoms with Crippen molar-refractivity contribution < 1.29 is 9.59 Å². The van der Waals surface area contributed by atoms with Crippen molar-refractivity contribution in [2.24, 2.45) is 5.10 Å². The van der Waals surface area contributed by atoms with Gasteiger partial charge in [-0.05, 0) is 23.3 Å². The first kappa shape index (κ1) is 19.6. The summed E-state index contributed by atoms with van der Waals surface area (Å²) in [5.74, 6) is -0.243. The van der Waals surface area contributed by atoms with Gasteiger partial charge in [0.15, 0.2) is 0 Å². The molecule has 0 aliphatic carbocycles. The number of hydrogen-bond acceptors (Lipinski definition) is 4. The van der Waals surface area contributed by atoms with Gasteiger partial charge in [-0.15, -0.1) is 0 Å². The first-order chi connectivity index (χ1) is 13.5. The van der Waals surface area contributed by atoms with Gasteiger partial charge in [0.2, 0.25) is 11.8 Å². The van der Waals surface area contributed by atoms with Crippen molar-refractivity contribution in [1.29, 1.82) is 0 Å². The summed E-state index contributed by atoms with van der Waals surface area (Å²) in [5.41, 5.74) is 4.10. The summed E-state index contributed by atoms with van der Waals surface area (Å²) in [4.78, 5) is 26.4. The first-order valence-corrected chi connectivity index (χ1v) is 9.49. The second kappa shape index (κ2) is 9.17. The maximum absolute atomic E-state index is 12.3. The predicted octanol–water partition coefficient (Wildman–Crippen LogP) is 2.79. The van der Waals surface area contributed by atoms with E-state index in [1.165, 1.54) is 5.01 Å². The van der Waals surface area contributed by atoms with Crippen LogP contribution in [0.3, 0.4) is 0 Å². The molecule has 1 aliphatic heterocycles. The molecule has 1 N–H and O–H groups in total. The summed E-state index contributed by atoms with van der Waals surface area (Å²) in [7, 11) is 3.97. The lowest BCUT2D eigenvalue weighted by atomic mass is 10.1. The molecule has 28 heavy (non-hydrogen) atoms. The van der Waals surface area contributed by atoms with Crippen LogP contribution in [0.2, 0.25) is 0 Å². The van der Waals surface area contributed by atoms with Crippen LogP contribution in [0.5, 0.6) is 0 Å². The highest BCUT2D eigenvalue weighted by Crippen LogP contribution is 2.15. The van der Waals surface area contributed by atoms with Crippen LogP contribution < -0.4 is 10.2 Å². The molecular formula is C22H26N4O2. The van der Waals surface area contributed by atoms with Gasteiger partial charge in [-0.3, -0.25) is 9.59 Å². The Hall–Kier alpha value is -3.15. The van der Waals surface area contributed by atoms with Crippen molar-refractivity contribution in [2.75, 3.05) is 25.5 Å². The summed E-state index contributed by atoms with van der Waals surface area (Å²) >= 11 is 0. The normalized spacial score (nSPS) is 13.2. The summed E-state index contributed by atoms with van der Waals surface area (Å²) in [6.45, 7) is 1.03. The Balaban J connectivity index is 1.43. The number of carbonyl (C=O) groups is 2. The van der Waals surface area contributed by atoms with Gasteiger partial charge in [0.05, 0.1) is 12.3 Å². The maximum atomic E-state index is 12.3. The predicted molar refractivity (Wildman–Crippen MR) is 111 cm³/mol. The third-order valence-electron chi connectivity index (χ3n) is 4.71. The van der Waals surface area contributed by atoms with Crippen LogP contribution in [-0.4, -0.2) is 43.2 Å². The Morgan fingerprint density at radius 3 is 2.43 bits per heavy atom. The smallest absolute Gasteiger partial charge is 0.243 e. The summed E-state index contributed by atoms with van der Waals surface area (Å²) in [5, 5.41) is 8.77. The van der Waals surface area contributed by atoms with Crippen LogP contribution in [-0.2, 0) is 16.1 Å². The quantitative estimate of drug-likeness (QED) is 0.806. The highest BCUT2D eigenvalue weighted by Gasteiger charge is 2.21. The van der Waals surface area contributed by atoms with E-state index in [9.17, 15) is 9.59 Å². The standard InChI is InChI=1S/C22H26N4O2/c1-25(2)19-10-8-17(9-11-19)16-23-21(27)12-13-22(28)26-15-14-20(24-26)18-6-4-3-5-7-18/h3-11H,12-16H2,1-2H3,(H,23,27). The highest BCUT2D eigenvalue weighted by atomic mass is 16.2. The van der Waals surface area contributed by atoms with Crippen molar-refractivity contribution in [3.8, 4) is 0 Å². The second-order valence-corrected chi connectivity index (χ2v) is 7.02. The van der Waals surface area contributed by atoms with E-state index < -0.39 is 0 Å². The third kappa shape index (κ3) is 5.19. The maximum Gasteiger partial charge on any atom is 0.243 e. The molecule has 1 aliphatic rings. The molecule has 3 rings (SSSR count). The third-order valence-corrected chi connectivity index (χ3v) is 4.71. The number of hydrazone groups is 1. The van der Waals surface area contributed by atoms with Crippen molar-refractivity contribution >= 4 is 23.2 Å². The van der Waals surface area contributed by atoms with Crippen molar-refractivity contribution in [2.45, 2.75) is 25.8 Å². The minimum absolute atomic E-state index is 0.114. The molecule has 0 saturated carbocycles. The summed E-state index contributed by atoms with van der Waals surface area (Å²) in [6.07, 6.45) is 1.07. The van der Waals surface area contributed by atoms with Gasteiger partial charge in [0, 0.05) is 45.6 Å². The molecule has 146 valence electrons. The summed E-state index contributed by atoms with van der Waals surface area (Å²) in [6, 6.07) is 17.9. The number of hydrogen-bond donors (Lipinski definition) is 1. The minimum Gasteiger partial charge on any atom is -0.378 e. The van der Waals surface area contributed by atoms with E-state index in [1.807, 2.05) is 73.6 Å². The van der Waals surface area contributed by atoms with Crippen LogP contribution in [0.1, 0.15) is 30.4 Å². The van der Waals surface area contributed by atoms with Gasteiger partial charge < -0.3 is 10.2 Å². The molecule has 2 aromatic carbocycles. The van der Waals surface area contributed by atoms with Gasteiger partial charge in [-0.25, -0.2) is 5.01 Å². The molecular weight excluding hydrogens is 352 g/mol. The fourth-order valence-electron chi connectivity index (χ4n) is 3.02. The Labute approximate surface area is 165 Å². The fourth-order valence-corrected chi connectivity index (χ4v) is 3.02. The van der Waals surface area contributed by atoms with E-state index in [4.69, 9.17) is 0 Å². The Morgan fingerprint density at radius 2 is 1.75 bits per heavy atom. The van der Waals surface area contributed by atoms with E-state index in [0.717, 1.165) is 28.9 Å². The van der Waals surface area contributed by atoms with Gasteiger partial charge in [0.25, 0.3) is 0 Å². The molecule has 0 radical (unpaired) electrons. The van der Waals surface area contributed by atoms with E-state index in [0.29, 0.717) is 13.1 Å². The molecule has 0 spiro atoms. The van der Waals surface area contributed by atoms with Gasteiger partial charge in [0.1, 0.15) is 0 Å². The molecule has 1 heterocycles. The number of anilines is 1. The summed E-state index contributed by atoms with van der Waals surface area (Å²) < 4.78 is 0. The molecule has 6 heteroatoms. The van der Waals surface area contributed by atoms with Gasteiger partial charge >= 0.3 is 0 Å². The highest BCUT2D eigenvalue weighted by molar-refractivity contribution is 6.02. The van der Waals surface area contributed by atoms with Crippen LogP contribution in [0.4, 0.5) is 5.69 Å². The molecule has 2 amide bonds. The van der Waals surface area contributed by atoms with Gasteiger partial charge in [-0.1, -0.05) is 42.5 Å². The number of nitrogens with one attached hydrogen (secondary N) is 1. The van der Waals surface area contributed by atoms with Crippen molar-refractivity contribution in [3.05, 3.63) is 65.7 Å². The zero-order valence-electron chi connectivity index (χ0n) is 16.4. The molecule has 2 aromatic rings. The Kier molecular flexibility index (Phi) is 6.42. The number of amides is 2. The van der Waals surface area contributed by atoms with Crippen molar-refractivity contribution in [3.63, 3.8) is 0 Å². The minimum atomic E-state index is -0.128. The molecule has 6 nitrogen and oxygen atoms in total. The molecule has 0 aromatic heterocycles. The van der Waals surface area contributed by atoms with E-state index in [2.05, 4.69) is 10.4 Å². The van der Waals surface area contributed by atoms with Crippen LogP contribution in [0.15, 0.2) is 59.7 Å². The fraction of sp³-hybridized carbons (Fsp3) is 0.318. The zero-order valence-corrected chi connectivity index (χ0v) is 16.4. The topological polar surface area (TPSA) is 65.0 Å². The van der Waals surface area contributed by atoms with Crippen molar-refractivity contribution in [1.82, 2.24) is 10.3 Å². The molecule has 0 bridgehead atoms. The lowest BCUT2D eigenvalue weighted by Gasteiger charge is -2.13. The molecule has 0 atom stereocenters. The van der Waals surface area contributed by atoms with Gasteiger partial charge in [-0.2, -0.15) is 5.10 Å². The average molecular weight is 378 g/mol. The lowest BCUT2D eigenvalue weighted by molar-refractivity contribution is -0.133. The van der Waals surface area contributed by atoms with Crippen LogP contribution in [0.25, 0.3) is 0 Å². The first-order valence-electron chi connectivity index (χ1n) is 9.49. The monoisotopic (exact) mass is 378 g/mol. The zero-order chi connectivity index (χ0) is 19.9. The largest absolute Gasteiger partial charge is 0.378 e. The van der Waals surface area contributed by atoms with E-state index in [1.54, 1.807) is 0 Å². The van der Waals surface area contributed by atoms with Crippen LogP contribution >= 0.6 is 0 Å². The number of benzene rings is 2. The molecule has 0 fully saturated rings. The average Bonchev–Trinajstić information content (AvgIpc) is 3.22.